The van der Waals surface area contributed by atoms with Crippen LogP contribution in [-0.2, 0) is 14.8 Å². The Bertz CT molecular complexity index is 1350. The summed E-state index contributed by atoms with van der Waals surface area (Å²) in [5.41, 5.74) is 6.38. The first-order valence-electron chi connectivity index (χ1n) is 11.1. The van der Waals surface area contributed by atoms with Crippen LogP contribution in [0.5, 0.6) is 11.5 Å². The first kappa shape index (κ1) is 22.4. The summed E-state index contributed by atoms with van der Waals surface area (Å²) in [5.74, 6) is 5.65. The number of carbonyl (C=O) groups excluding carboxylic acids is 1. The summed E-state index contributed by atoms with van der Waals surface area (Å²) >= 11 is 0. The lowest BCUT2D eigenvalue weighted by atomic mass is 9.93. The molecule has 0 spiro atoms. The second-order valence-electron chi connectivity index (χ2n) is 8.85. The minimum absolute atomic E-state index is 0.0564. The van der Waals surface area contributed by atoms with E-state index in [1.54, 1.807) is 24.3 Å². The van der Waals surface area contributed by atoms with Crippen LogP contribution < -0.4 is 15.3 Å². The summed E-state index contributed by atoms with van der Waals surface area (Å²) in [6.07, 6.45) is -0.200. The molecule has 8 heteroatoms. The van der Waals surface area contributed by atoms with E-state index < -0.39 is 21.8 Å². The van der Waals surface area contributed by atoms with Gasteiger partial charge < -0.3 is 9.47 Å². The van der Waals surface area contributed by atoms with Crippen LogP contribution in [0, 0.1) is 13.8 Å². The Labute approximate surface area is 199 Å². The van der Waals surface area contributed by atoms with Crippen LogP contribution in [0.3, 0.4) is 0 Å². The van der Waals surface area contributed by atoms with Gasteiger partial charge in [0.2, 0.25) is 0 Å². The number of ether oxygens (including phenoxy) is 2. The lowest BCUT2D eigenvalue weighted by molar-refractivity contribution is -0.127. The van der Waals surface area contributed by atoms with Gasteiger partial charge in [0.25, 0.3) is 15.9 Å². The fourth-order valence-corrected chi connectivity index (χ4v) is 6.16. The van der Waals surface area contributed by atoms with Crippen molar-refractivity contribution in [2.45, 2.75) is 32.3 Å². The van der Waals surface area contributed by atoms with Gasteiger partial charge in [0.1, 0.15) is 18.1 Å². The molecule has 176 valence electrons. The SMILES string of the molecule is Cc1cccc(C)c1-c1cccc2c1OC[C@H]2Oc1ccc(C2CC(=O)N(N)S(=O)(=O)C2)cc1. The third kappa shape index (κ3) is 3.93. The first-order valence-corrected chi connectivity index (χ1v) is 12.7. The van der Waals surface area contributed by atoms with Gasteiger partial charge in [-0.2, -0.15) is 4.41 Å². The lowest BCUT2D eigenvalue weighted by Gasteiger charge is -2.28. The average Bonchev–Trinajstić information content (AvgIpc) is 3.21. The van der Waals surface area contributed by atoms with Gasteiger partial charge in [0, 0.05) is 23.5 Å². The molecule has 1 unspecified atom stereocenters. The van der Waals surface area contributed by atoms with E-state index >= 15 is 0 Å². The van der Waals surface area contributed by atoms with Crippen LogP contribution in [-0.4, -0.2) is 31.1 Å². The van der Waals surface area contributed by atoms with E-state index in [9.17, 15) is 13.2 Å². The maximum atomic E-state index is 12.1. The molecule has 0 aliphatic carbocycles. The Balaban J connectivity index is 1.36. The lowest BCUT2D eigenvalue weighted by Crippen LogP contribution is -2.49. The summed E-state index contributed by atoms with van der Waals surface area (Å²) < 4.78 is 36.9. The second kappa shape index (κ2) is 8.45. The number of hydrogen-bond acceptors (Lipinski definition) is 6. The number of para-hydroxylation sites is 1. The monoisotopic (exact) mass is 478 g/mol. The fraction of sp³-hybridized carbons (Fsp3) is 0.269. The molecule has 0 bridgehead atoms. The highest BCUT2D eigenvalue weighted by molar-refractivity contribution is 7.89. The minimum Gasteiger partial charge on any atom is -0.488 e. The van der Waals surface area contributed by atoms with Crippen molar-refractivity contribution in [2.24, 2.45) is 5.84 Å². The molecule has 1 fully saturated rings. The minimum atomic E-state index is -3.79. The van der Waals surface area contributed by atoms with Crippen molar-refractivity contribution in [3.8, 4) is 22.6 Å². The van der Waals surface area contributed by atoms with Crippen molar-refractivity contribution >= 4 is 15.9 Å². The van der Waals surface area contributed by atoms with Gasteiger partial charge in [-0.1, -0.05) is 48.5 Å². The Kier molecular flexibility index (Phi) is 5.58. The molecule has 0 aromatic heterocycles. The number of rotatable bonds is 4. The van der Waals surface area contributed by atoms with Gasteiger partial charge in [0.15, 0.2) is 6.10 Å². The summed E-state index contributed by atoms with van der Waals surface area (Å²) in [7, 11) is -3.79. The molecule has 2 aliphatic heterocycles. The number of nitrogens with zero attached hydrogens (tertiary/aromatic N) is 1. The van der Waals surface area contributed by atoms with Gasteiger partial charge >= 0.3 is 0 Å². The molecule has 7 nitrogen and oxygen atoms in total. The van der Waals surface area contributed by atoms with Crippen LogP contribution in [0.1, 0.15) is 40.7 Å². The quantitative estimate of drug-likeness (QED) is 0.450. The maximum Gasteiger partial charge on any atom is 0.251 e. The van der Waals surface area contributed by atoms with Crippen molar-refractivity contribution < 1.29 is 22.7 Å². The van der Waals surface area contributed by atoms with E-state index in [0.717, 1.165) is 22.4 Å². The number of hydrazine groups is 1. The molecule has 2 heterocycles. The van der Waals surface area contributed by atoms with Gasteiger partial charge in [-0.15, -0.1) is 0 Å². The zero-order valence-corrected chi connectivity index (χ0v) is 19.8. The zero-order valence-electron chi connectivity index (χ0n) is 19.0. The van der Waals surface area contributed by atoms with Crippen LogP contribution in [0.2, 0.25) is 0 Å². The second-order valence-corrected chi connectivity index (χ2v) is 10.7. The largest absolute Gasteiger partial charge is 0.488 e. The standard InChI is InChI=1S/C26H26N2O5S/c1-16-5-3-6-17(2)25(16)22-8-4-7-21-23(14-32-26(21)22)33-20-11-9-18(10-12-20)19-13-24(29)28(27)34(30,31)15-19/h3-12,19,23H,13-15,27H2,1-2H3/t19?,23-/m1/s1. The topological polar surface area (TPSA) is 98.9 Å². The zero-order chi connectivity index (χ0) is 24.0. The smallest absolute Gasteiger partial charge is 0.251 e. The Morgan fingerprint density at radius 1 is 1.00 bits per heavy atom. The predicted octanol–water partition coefficient (Wildman–Crippen LogP) is 4.00. The summed E-state index contributed by atoms with van der Waals surface area (Å²) in [6, 6.07) is 19.6. The van der Waals surface area contributed by atoms with Gasteiger partial charge in [-0.3, -0.25) is 4.79 Å². The molecule has 0 saturated carbocycles. The number of amides is 1. The van der Waals surface area contributed by atoms with Crippen molar-refractivity contribution in [3.05, 3.63) is 82.9 Å². The Hall–Kier alpha value is -3.36. The highest BCUT2D eigenvalue weighted by Crippen LogP contribution is 2.44. The molecular formula is C26H26N2O5S. The van der Waals surface area contributed by atoms with Crippen LogP contribution in [0.4, 0.5) is 0 Å². The van der Waals surface area contributed by atoms with Crippen molar-refractivity contribution in [1.82, 2.24) is 4.41 Å². The van der Waals surface area contributed by atoms with E-state index in [0.29, 0.717) is 16.8 Å². The molecule has 3 aromatic rings. The highest BCUT2D eigenvalue weighted by Gasteiger charge is 2.36. The van der Waals surface area contributed by atoms with Crippen LogP contribution in [0.25, 0.3) is 11.1 Å². The summed E-state index contributed by atoms with van der Waals surface area (Å²) in [4.78, 5) is 12.0. The number of hydrogen-bond donors (Lipinski definition) is 1. The van der Waals surface area contributed by atoms with Crippen LogP contribution in [0.15, 0.2) is 60.7 Å². The number of sulfonamides is 1. The highest BCUT2D eigenvalue weighted by atomic mass is 32.2. The van der Waals surface area contributed by atoms with E-state index in [4.69, 9.17) is 15.3 Å². The van der Waals surface area contributed by atoms with E-state index in [1.165, 1.54) is 16.7 Å². The van der Waals surface area contributed by atoms with Crippen molar-refractivity contribution in [2.75, 3.05) is 12.4 Å². The molecule has 0 radical (unpaired) electrons. The third-order valence-electron chi connectivity index (χ3n) is 6.53. The van der Waals surface area contributed by atoms with Gasteiger partial charge in [-0.25, -0.2) is 14.3 Å². The fourth-order valence-electron chi connectivity index (χ4n) is 4.80. The van der Waals surface area contributed by atoms with E-state index in [-0.39, 0.29) is 18.3 Å². The molecule has 1 saturated heterocycles. The number of fused-ring (bicyclic) bond motifs is 1. The molecule has 1 amide bonds. The molecule has 5 rings (SSSR count). The molecule has 3 aromatic carbocycles. The van der Waals surface area contributed by atoms with Crippen molar-refractivity contribution in [3.63, 3.8) is 0 Å². The Morgan fingerprint density at radius 3 is 2.35 bits per heavy atom. The first-order chi connectivity index (χ1) is 16.2. The summed E-state index contributed by atoms with van der Waals surface area (Å²) in [5, 5.41) is 0. The predicted molar refractivity (Wildman–Crippen MR) is 129 cm³/mol. The van der Waals surface area contributed by atoms with Gasteiger partial charge in [-0.05, 0) is 48.2 Å². The normalized spacial score (nSPS) is 21.1. The number of carbonyl (C=O) groups is 1. The van der Waals surface area contributed by atoms with Crippen LogP contribution >= 0.6 is 0 Å². The molecule has 34 heavy (non-hydrogen) atoms. The number of benzene rings is 3. The Morgan fingerprint density at radius 2 is 1.68 bits per heavy atom. The van der Waals surface area contributed by atoms with E-state index in [1.807, 2.05) is 12.1 Å². The summed E-state index contributed by atoms with van der Waals surface area (Å²) in [6.45, 7) is 4.60. The number of nitrogens with two attached hydrogens (primary N) is 1. The molecule has 2 atom stereocenters. The maximum absolute atomic E-state index is 12.1. The van der Waals surface area contributed by atoms with Crippen molar-refractivity contribution in [1.29, 1.82) is 0 Å². The molecule has 2 N–H and O–H groups in total. The molecular weight excluding hydrogens is 452 g/mol. The number of aryl methyl sites for hydroxylation is 2. The van der Waals surface area contributed by atoms with Gasteiger partial charge in [0.05, 0.1) is 5.75 Å². The average molecular weight is 479 g/mol. The van der Waals surface area contributed by atoms with E-state index in [2.05, 4.69) is 38.1 Å². The molecule has 2 aliphatic rings. The third-order valence-corrected chi connectivity index (χ3v) is 8.16.